The summed E-state index contributed by atoms with van der Waals surface area (Å²) in [7, 11) is 3.48. The normalized spacial score (nSPS) is 17.2. The summed E-state index contributed by atoms with van der Waals surface area (Å²) in [5.41, 5.74) is 4.13. The van der Waals surface area contributed by atoms with Crippen LogP contribution in [0.2, 0.25) is 0 Å². The van der Waals surface area contributed by atoms with E-state index in [9.17, 15) is 9.47 Å². The lowest BCUT2D eigenvalue weighted by Gasteiger charge is -2.16. The largest absolute Gasteiger partial charge is 0.497 e. The molecule has 0 bridgehead atoms. The first kappa shape index (κ1) is 20.9. The molecule has 1 N–H and O–H groups in total. The molecule has 29 heavy (non-hydrogen) atoms. The van der Waals surface area contributed by atoms with Crippen LogP contribution < -0.4 is 14.4 Å². The predicted octanol–water partition coefficient (Wildman–Crippen LogP) is 3.91. The number of allylic oxidation sites excluding steroid dienone is 1. The monoisotopic (exact) mass is 410 g/mol. The van der Waals surface area contributed by atoms with E-state index in [0.29, 0.717) is 5.57 Å². The number of likely N-dealkylation sites (N-methyl/N-ethyl adjacent to an activating group) is 1. The highest BCUT2D eigenvalue weighted by atomic mass is 32.2. The van der Waals surface area contributed by atoms with Crippen molar-refractivity contribution in [2.75, 3.05) is 43.4 Å². The van der Waals surface area contributed by atoms with Gasteiger partial charge in [-0.05, 0) is 42.3 Å². The van der Waals surface area contributed by atoms with Crippen LogP contribution in [0.4, 0.5) is 11.4 Å². The summed E-state index contributed by atoms with van der Waals surface area (Å²) in [5, 5.41) is 13.2. The minimum atomic E-state index is -1.14. The van der Waals surface area contributed by atoms with Crippen molar-refractivity contribution in [3.05, 3.63) is 53.6 Å². The maximum Gasteiger partial charge on any atom is 0.198 e. The molecule has 1 saturated heterocycles. The van der Waals surface area contributed by atoms with E-state index >= 15 is 0 Å². The van der Waals surface area contributed by atoms with Crippen LogP contribution in [-0.4, -0.2) is 42.3 Å². The first-order chi connectivity index (χ1) is 14.1. The van der Waals surface area contributed by atoms with E-state index in [4.69, 9.17) is 4.74 Å². The van der Waals surface area contributed by atoms with E-state index in [1.807, 2.05) is 64.2 Å². The van der Waals surface area contributed by atoms with E-state index in [1.165, 1.54) is 0 Å². The van der Waals surface area contributed by atoms with Crippen LogP contribution in [0.3, 0.4) is 0 Å². The van der Waals surface area contributed by atoms with Gasteiger partial charge in [-0.25, -0.2) is 8.51 Å². The van der Waals surface area contributed by atoms with Crippen LogP contribution in [0.5, 0.6) is 5.75 Å². The molecule has 1 fully saturated rings. The second-order valence-electron chi connectivity index (χ2n) is 6.78. The smallest absolute Gasteiger partial charge is 0.198 e. The molecule has 0 aliphatic carbocycles. The highest BCUT2D eigenvalue weighted by molar-refractivity contribution is 7.84. The van der Waals surface area contributed by atoms with Crippen molar-refractivity contribution in [2.45, 2.75) is 13.3 Å². The topological polar surface area (TPSA) is 68.6 Å². The van der Waals surface area contributed by atoms with Gasteiger partial charge in [-0.1, -0.05) is 19.1 Å². The van der Waals surface area contributed by atoms with Gasteiger partial charge >= 0.3 is 0 Å². The van der Waals surface area contributed by atoms with Crippen molar-refractivity contribution in [3.63, 3.8) is 0 Å². The Labute approximate surface area is 175 Å². The number of benzene rings is 2. The maximum atomic E-state index is 12.3. The maximum absolute atomic E-state index is 12.3. The molecule has 1 aliphatic rings. The lowest BCUT2D eigenvalue weighted by molar-refractivity contribution is 0.415. The molecule has 1 heterocycles. The zero-order chi connectivity index (χ0) is 20.8. The third kappa shape index (κ3) is 4.78. The Bertz CT molecular complexity index is 950. The van der Waals surface area contributed by atoms with Gasteiger partial charge in [-0.2, -0.15) is 5.26 Å². The number of anilines is 2. The summed E-state index contributed by atoms with van der Waals surface area (Å²) in [6.45, 7) is 4.42. The summed E-state index contributed by atoms with van der Waals surface area (Å²) >= 11 is -1.14. The fourth-order valence-electron chi connectivity index (χ4n) is 3.14. The molecule has 3 rings (SSSR count). The standard InChI is InChI=1S/C22H26N4O2S/c1-4-11-24-22-15-20(28-3)9-10-21(22)18(16-23)14-17-5-7-19(8-6-17)26-13-12-25(2)29(26)27/h5-10,14-15,24H,4,11-13H2,1-3H3/b18-14+. The van der Waals surface area contributed by atoms with Gasteiger partial charge in [0.15, 0.2) is 11.2 Å². The number of hydrogen-bond donors (Lipinski definition) is 1. The van der Waals surface area contributed by atoms with E-state index in [2.05, 4.69) is 18.3 Å². The molecular weight excluding hydrogens is 384 g/mol. The van der Waals surface area contributed by atoms with Crippen molar-refractivity contribution in [2.24, 2.45) is 0 Å². The number of hydrogen-bond acceptors (Lipinski definition) is 4. The molecule has 0 radical (unpaired) electrons. The molecular formula is C22H26N4O2S. The number of nitriles is 1. The van der Waals surface area contributed by atoms with Gasteiger partial charge in [0, 0.05) is 44.0 Å². The van der Waals surface area contributed by atoms with Crippen molar-refractivity contribution >= 4 is 34.2 Å². The molecule has 152 valence electrons. The highest BCUT2D eigenvalue weighted by Gasteiger charge is 2.25. The first-order valence-electron chi connectivity index (χ1n) is 9.62. The number of methoxy groups -OCH3 is 1. The molecule has 0 aromatic heterocycles. The second-order valence-corrected chi connectivity index (χ2v) is 8.31. The quantitative estimate of drug-likeness (QED) is 0.555. The Morgan fingerprint density at radius 3 is 2.62 bits per heavy atom. The number of ether oxygens (including phenoxy) is 1. The molecule has 0 spiro atoms. The Hall–Kier alpha value is -2.82. The Morgan fingerprint density at radius 1 is 1.28 bits per heavy atom. The molecule has 6 nitrogen and oxygen atoms in total. The van der Waals surface area contributed by atoms with Crippen LogP contribution in [0.1, 0.15) is 24.5 Å². The lowest BCUT2D eigenvalue weighted by Crippen LogP contribution is -2.23. The van der Waals surface area contributed by atoms with Gasteiger partial charge < -0.3 is 10.1 Å². The summed E-state index contributed by atoms with van der Waals surface area (Å²) in [6.07, 6.45) is 2.85. The molecule has 0 saturated carbocycles. The van der Waals surface area contributed by atoms with Gasteiger partial charge in [-0.3, -0.25) is 4.31 Å². The Balaban J connectivity index is 1.88. The average molecular weight is 411 g/mol. The third-order valence-corrected chi connectivity index (χ3v) is 6.25. The van der Waals surface area contributed by atoms with Gasteiger partial charge in [0.2, 0.25) is 0 Å². The van der Waals surface area contributed by atoms with Crippen LogP contribution >= 0.6 is 0 Å². The predicted molar refractivity (Wildman–Crippen MR) is 120 cm³/mol. The SMILES string of the molecule is CCCNc1cc(OC)ccc1/C(C#N)=C/c1ccc(N2CCN(C)S2=O)cc1. The van der Waals surface area contributed by atoms with Crippen molar-refractivity contribution in [3.8, 4) is 11.8 Å². The summed E-state index contributed by atoms with van der Waals surface area (Å²) in [6, 6.07) is 15.8. The number of rotatable bonds is 7. The molecule has 1 aliphatic heterocycles. The molecule has 2 aromatic rings. The molecule has 2 aromatic carbocycles. The fourth-order valence-corrected chi connectivity index (χ4v) is 4.25. The van der Waals surface area contributed by atoms with Crippen molar-refractivity contribution < 1.29 is 8.95 Å². The van der Waals surface area contributed by atoms with Crippen LogP contribution in [-0.2, 0) is 11.2 Å². The summed E-state index contributed by atoms with van der Waals surface area (Å²) in [5.74, 6) is 0.748. The molecule has 1 unspecified atom stereocenters. The second kappa shape index (κ2) is 9.59. The van der Waals surface area contributed by atoms with Crippen molar-refractivity contribution in [1.82, 2.24) is 4.31 Å². The minimum absolute atomic E-state index is 0.573. The third-order valence-electron chi connectivity index (χ3n) is 4.77. The van der Waals surface area contributed by atoms with Crippen LogP contribution in [0.25, 0.3) is 11.6 Å². The first-order valence-corrected chi connectivity index (χ1v) is 10.7. The molecule has 0 amide bonds. The van der Waals surface area contributed by atoms with Crippen LogP contribution in [0.15, 0.2) is 42.5 Å². The zero-order valence-corrected chi connectivity index (χ0v) is 17.8. The Morgan fingerprint density at radius 2 is 2.03 bits per heavy atom. The van der Waals surface area contributed by atoms with Crippen molar-refractivity contribution in [1.29, 1.82) is 5.26 Å². The zero-order valence-electron chi connectivity index (χ0n) is 17.0. The lowest BCUT2D eigenvalue weighted by atomic mass is 10.0. The summed E-state index contributed by atoms with van der Waals surface area (Å²) in [4.78, 5) is 0. The fraction of sp³-hybridized carbons (Fsp3) is 0.318. The van der Waals surface area contributed by atoms with Gasteiger partial charge in [0.25, 0.3) is 0 Å². The molecule has 1 atom stereocenters. The van der Waals surface area contributed by atoms with E-state index < -0.39 is 11.2 Å². The molecule has 7 heteroatoms. The van der Waals surface area contributed by atoms with Gasteiger partial charge in [0.05, 0.1) is 24.4 Å². The van der Waals surface area contributed by atoms with E-state index in [0.717, 1.165) is 54.3 Å². The van der Waals surface area contributed by atoms with Crippen LogP contribution in [0, 0.1) is 11.3 Å². The highest BCUT2D eigenvalue weighted by Crippen LogP contribution is 2.30. The van der Waals surface area contributed by atoms with Gasteiger partial charge in [0.1, 0.15) is 5.75 Å². The number of nitrogens with one attached hydrogen (secondary N) is 1. The minimum Gasteiger partial charge on any atom is -0.497 e. The van der Waals surface area contributed by atoms with Gasteiger partial charge in [-0.15, -0.1) is 0 Å². The van der Waals surface area contributed by atoms with E-state index in [-0.39, 0.29) is 0 Å². The Kier molecular flexibility index (Phi) is 6.91. The average Bonchev–Trinajstić information content (AvgIpc) is 3.09. The van der Waals surface area contributed by atoms with E-state index in [1.54, 1.807) is 7.11 Å². The summed E-state index contributed by atoms with van der Waals surface area (Å²) < 4.78 is 21.3. The number of nitrogens with zero attached hydrogens (tertiary/aromatic N) is 3.